The molecule has 0 radical (unpaired) electrons. The molecule has 0 aliphatic rings. The largest absolute Gasteiger partial charge is 0.303 e. The second kappa shape index (κ2) is 4.02. The van der Waals surface area contributed by atoms with Crippen molar-refractivity contribution in [3.8, 4) is 9.88 Å². The minimum atomic E-state index is 0.474. The van der Waals surface area contributed by atoms with E-state index in [1.165, 1.54) is 9.75 Å². The van der Waals surface area contributed by atoms with E-state index in [2.05, 4.69) is 24.0 Å². The molecule has 0 saturated heterocycles. The summed E-state index contributed by atoms with van der Waals surface area (Å²) in [6, 6.07) is 4.16. The quantitative estimate of drug-likeness (QED) is 0.749. The van der Waals surface area contributed by atoms with Crippen molar-refractivity contribution in [1.82, 2.24) is 4.98 Å². The summed E-state index contributed by atoms with van der Waals surface area (Å²) in [5.41, 5.74) is 0. The Morgan fingerprint density at radius 3 is 2.93 bits per heavy atom. The number of aromatic nitrogens is 1. The molecule has 0 spiro atoms. The van der Waals surface area contributed by atoms with E-state index in [1.807, 2.05) is 0 Å². The molecule has 72 valence electrons. The second-order valence-electron chi connectivity index (χ2n) is 2.91. The number of hydrogen-bond donors (Lipinski definition) is 0. The van der Waals surface area contributed by atoms with Crippen molar-refractivity contribution >= 4 is 29.0 Å². The number of aryl methyl sites for hydroxylation is 1. The van der Waals surface area contributed by atoms with Crippen LogP contribution in [-0.2, 0) is 11.2 Å². The topological polar surface area (TPSA) is 30.0 Å². The monoisotopic (exact) mass is 223 g/mol. The van der Waals surface area contributed by atoms with Crippen LogP contribution < -0.4 is 0 Å². The van der Waals surface area contributed by atoms with Gasteiger partial charge in [0, 0.05) is 22.4 Å². The first-order valence-electron chi connectivity index (χ1n) is 4.25. The van der Waals surface area contributed by atoms with Gasteiger partial charge in [0.15, 0.2) is 0 Å². The van der Waals surface area contributed by atoms with Gasteiger partial charge in [-0.25, -0.2) is 4.98 Å². The van der Waals surface area contributed by atoms with Crippen LogP contribution in [0.1, 0.15) is 9.75 Å². The van der Waals surface area contributed by atoms with Crippen molar-refractivity contribution in [3.05, 3.63) is 28.1 Å². The van der Waals surface area contributed by atoms with Crippen molar-refractivity contribution < 1.29 is 4.79 Å². The maximum atomic E-state index is 10.3. The van der Waals surface area contributed by atoms with E-state index in [0.29, 0.717) is 6.42 Å². The molecule has 0 fully saturated rings. The zero-order valence-electron chi connectivity index (χ0n) is 7.69. The molecule has 2 heterocycles. The molecule has 0 N–H and O–H groups in total. The molecule has 2 aromatic heterocycles. The van der Waals surface area contributed by atoms with Crippen LogP contribution in [0.25, 0.3) is 9.88 Å². The average molecular weight is 223 g/mol. The van der Waals surface area contributed by atoms with Gasteiger partial charge in [-0.1, -0.05) is 0 Å². The highest BCUT2D eigenvalue weighted by Gasteiger charge is 2.05. The van der Waals surface area contributed by atoms with Gasteiger partial charge in [0.2, 0.25) is 0 Å². The summed E-state index contributed by atoms with van der Waals surface area (Å²) in [6.07, 6.45) is 3.17. The molecule has 0 atom stereocenters. The zero-order valence-corrected chi connectivity index (χ0v) is 9.32. The molecular formula is C10H9NOS2. The lowest BCUT2D eigenvalue weighted by atomic mass is 10.4. The molecule has 0 aliphatic heterocycles. The third-order valence-electron chi connectivity index (χ3n) is 1.79. The van der Waals surface area contributed by atoms with E-state index in [1.54, 1.807) is 28.9 Å². The highest BCUT2D eigenvalue weighted by Crippen LogP contribution is 2.30. The number of hydrogen-bond acceptors (Lipinski definition) is 4. The van der Waals surface area contributed by atoms with Gasteiger partial charge in [0.25, 0.3) is 0 Å². The van der Waals surface area contributed by atoms with Gasteiger partial charge in [-0.15, -0.1) is 22.7 Å². The highest BCUT2D eigenvalue weighted by molar-refractivity contribution is 7.21. The van der Waals surface area contributed by atoms with Crippen LogP contribution in [-0.4, -0.2) is 11.3 Å². The van der Waals surface area contributed by atoms with Gasteiger partial charge in [-0.3, -0.25) is 0 Å². The van der Waals surface area contributed by atoms with Gasteiger partial charge in [0.05, 0.1) is 4.88 Å². The lowest BCUT2D eigenvalue weighted by molar-refractivity contribution is -0.107. The molecule has 2 aromatic rings. The Hall–Kier alpha value is -1.00. The maximum absolute atomic E-state index is 10.3. The number of rotatable bonds is 3. The molecule has 14 heavy (non-hydrogen) atoms. The van der Waals surface area contributed by atoms with E-state index >= 15 is 0 Å². The number of carbonyl (C=O) groups is 1. The van der Waals surface area contributed by atoms with E-state index < -0.39 is 0 Å². The van der Waals surface area contributed by atoms with Gasteiger partial charge < -0.3 is 4.79 Å². The normalized spacial score (nSPS) is 10.4. The van der Waals surface area contributed by atoms with Crippen molar-refractivity contribution in [2.45, 2.75) is 13.3 Å². The third-order valence-corrected chi connectivity index (χ3v) is 3.98. The number of aldehydes is 1. The Morgan fingerprint density at radius 1 is 1.43 bits per heavy atom. The molecule has 0 saturated carbocycles. The number of thiophene rings is 1. The summed E-state index contributed by atoms with van der Waals surface area (Å²) in [4.78, 5) is 18.1. The van der Waals surface area contributed by atoms with Crippen LogP contribution >= 0.6 is 22.7 Å². The first-order chi connectivity index (χ1) is 6.79. The van der Waals surface area contributed by atoms with Crippen molar-refractivity contribution in [1.29, 1.82) is 0 Å². The van der Waals surface area contributed by atoms with E-state index in [9.17, 15) is 4.79 Å². The van der Waals surface area contributed by atoms with Crippen LogP contribution in [0.4, 0.5) is 0 Å². The summed E-state index contributed by atoms with van der Waals surface area (Å²) in [6.45, 7) is 2.08. The van der Waals surface area contributed by atoms with Crippen LogP contribution in [0.2, 0.25) is 0 Å². The van der Waals surface area contributed by atoms with Crippen molar-refractivity contribution in [3.63, 3.8) is 0 Å². The van der Waals surface area contributed by atoms with Crippen LogP contribution in [0.5, 0.6) is 0 Å². The lowest BCUT2D eigenvalue weighted by Gasteiger charge is -1.86. The minimum absolute atomic E-state index is 0.474. The van der Waals surface area contributed by atoms with E-state index in [0.717, 1.165) is 16.2 Å². The molecule has 4 heteroatoms. The molecule has 0 unspecified atom stereocenters. The molecule has 2 nitrogen and oxygen atoms in total. The van der Waals surface area contributed by atoms with Crippen LogP contribution in [0, 0.1) is 6.92 Å². The average Bonchev–Trinajstić information content (AvgIpc) is 2.74. The summed E-state index contributed by atoms with van der Waals surface area (Å²) in [5, 5.41) is 1.01. The molecule has 0 bridgehead atoms. The minimum Gasteiger partial charge on any atom is -0.303 e. The predicted octanol–water partition coefficient (Wildman–Crippen LogP) is 2.92. The second-order valence-corrected chi connectivity index (χ2v) is 5.32. The summed E-state index contributed by atoms with van der Waals surface area (Å²) < 4.78 is 0. The molecule has 0 amide bonds. The fourth-order valence-corrected chi connectivity index (χ4v) is 2.94. The fraction of sp³-hybridized carbons (Fsp3) is 0.200. The Balaban J connectivity index is 2.28. The summed E-state index contributed by atoms with van der Waals surface area (Å²) in [7, 11) is 0. The molecular weight excluding hydrogens is 214 g/mol. The molecule has 2 rings (SSSR count). The maximum Gasteiger partial charge on any atom is 0.133 e. The number of nitrogens with zero attached hydrogens (tertiary/aromatic N) is 1. The molecule has 0 aliphatic carbocycles. The zero-order chi connectivity index (χ0) is 9.97. The number of carbonyl (C=O) groups excluding carboxylic acids is 1. The van der Waals surface area contributed by atoms with Crippen LogP contribution in [0.3, 0.4) is 0 Å². The number of thiazole rings is 1. The first-order valence-corrected chi connectivity index (χ1v) is 5.88. The van der Waals surface area contributed by atoms with E-state index in [4.69, 9.17) is 0 Å². The SMILES string of the molecule is Cc1ccc(-c2ncc(CC=O)s2)s1. The lowest BCUT2D eigenvalue weighted by Crippen LogP contribution is -1.76. The van der Waals surface area contributed by atoms with Crippen molar-refractivity contribution in [2.75, 3.05) is 0 Å². The standard InChI is InChI=1S/C10H9NOS2/c1-7-2-3-9(13-7)10-11-6-8(14-10)4-5-12/h2-3,5-6H,4H2,1H3. The Kier molecular flexibility index (Phi) is 2.74. The van der Waals surface area contributed by atoms with Crippen LogP contribution in [0.15, 0.2) is 18.3 Å². The van der Waals surface area contributed by atoms with Crippen molar-refractivity contribution in [2.24, 2.45) is 0 Å². The third kappa shape index (κ3) is 1.91. The van der Waals surface area contributed by atoms with Gasteiger partial charge in [-0.05, 0) is 19.1 Å². The fourth-order valence-electron chi connectivity index (χ4n) is 1.15. The predicted molar refractivity (Wildman–Crippen MR) is 59.9 cm³/mol. The Labute approximate surface area is 90.2 Å². The molecule has 0 aromatic carbocycles. The smallest absolute Gasteiger partial charge is 0.133 e. The first kappa shape index (κ1) is 9.55. The Morgan fingerprint density at radius 2 is 2.29 bits per heavy atom. The van der Waals surface area contributed by atoms with Gasteiger partial charge in [0.1, 0.15) is 11.3 Å². The van der Waals surface area contributed by atoms with E-state index in [-0.39, 0.29) is 0 Å². The van der Waals surface area contributed by atoms with Gasteiger partial charge in [-0.2, -0.15) is 0 Å². The summed E-state index contributed by atoms with van der Waals surface area (Å²) >= 11 is 3.32. The highest BCUT2D eigenvalue weighted by atomic mass is 32.1. The Bertz CT molecular complexity index is 444. The summed E-state index contributed by atoms with van der Waals surface area (Å²) in [5.74, 6) is 0. The van der Waals surface area contributed by atoms with Gasteiger partial charge >= 0.3 is 0 Å².